The lowest BCUT2D eigenvalue weighted by Crippen LogP contribution is -2.42. The van der Waals surface area contributed by atoms with Crippen molar-refractivity contribution in [1.29, 1.82) is 0 Å². The molecule has 1 atom stereocenters. The number of carbonyl (C=O) groups excluding carboxylic acids is 1. The number of hydrogen-bond donors (Lipinski definition) is 1. The van der Waals surface area contributed by atoms with E-state index in [0.29, 0.717) is 37.3 Å². The van der Waals surface area contributed by atoms with Crippen molar-refractivity contribution in [2.24, 2.45) is 5.92 Å². The van der Waals surface area contributed by atoms with Gasteiger partial charge in [0.25, 0.3) is 5.91 Å². The molecule has 0 saturated carbocycles. The summed E-state index contributed by atoms with van der Waals surface area (Å²) in [6.07, 6.45) is 4.76. The number of pyridine rings is 1. The van der Waals surface area contributed by atoms with Gasteiger partial charge in [-0.3, -0.25) is 14.6 Å². The Bertz CT molecular complexity index is 748. The highest BCUT2D eigenvalue weighted by atomic mass is 16.5. The van der Waals surface area contributed by atoms with Crippen molar-refractivity contribution in [2.75, 3.05) is 13.1 Å². The molecule has 1 N–H and O–H groups in total. The van der Waals surface area contributed by atoms with Gasteiger partial charge in [0.05, 0.1) is 5.92 Å². The maximum Gasteiger partial charge on any atom is 0.308 e. The normalized spacial score (nSPS) is 17.1. The van der Waals surface area contributed by atoms with Gasteiger partial charge in [-0.1, -0.05) is 12.1 Å². The number of aromatic nitrogens is 1. The Morgan fingerprint density at radius 2 is 2.16 bits per heavy atom. The molecule has 130 valence electrons. The van der Waals surface area contributed by atoms with Crippen molar-refractivity contribution in [1.82, 2.24) is 9.88 Å². The number of nitrogens with zero attached hydrogens (tertiary/aromatic N) is 2. The van der Waals surface area contributed by atoms with Crippen LogP contribution in [0.2, 0.25) is 0 Å². The maximum atomic E-state index is 12.7. The molecule has 6 heteroatoms. The summed E-state index contributed by atoms with van der Waals surface area (Å²) in [4.78, 5) is 29.5. The summed E-state index contributed by atoms with van der Waals surface area (Å²) in [5.74, 6) is -0.881. The van der Waals surface area contributed by atoms with Gasteiger partial charge in [-0.25, -0.2) is 0 Å². The van der Waals surface area contributed by atoms with Crippen molar-refractivity contribution < 1.29 is 19.4 Å². The van der Waals surface area contributed by atoms with E-state index in [0.717, 1.165) is 5.56 Å². The third-order valence-electron chi connectivity index (χ3n) is 4.27. The van der Waals surface area contributed by atoms with Crippen molar-refractivity contribution in [2.45, 2.75) is 19.4 Å². The molecule has 1 aromatic carbocycles. The molecule has 1 fully saturated rings. The van der Waals surface area contributed by atoms with Crippen molar-refractivity contribution in [3.8, 4) is 5.75 Å². The molecular formula is C19H20N2O4. The number of likely N-dealkylation sites (tertiary alicyclic amines) is 1. The first-order chi connectivity index (χ1) is 12.1. The van der Waals surface area contributed by atoms with Gasteiger partial charge in [0, 0.05) is 36.6 Å². The predicted octanol–water partition coefficient (Wildman–Crippen LogP) is 2.60. The molecule has 1 saturated heterocycles. The van der Waals surface area contributed by atoms with E-state index in [9.17, 15) is 9.59 Å². The molecule has 0 spiro atoms. The minimum Gasteiger partial charge on any atom is -0.489 e. The van der Waals surface area contributed by atoms with Crippen LogP contribution < -0.4 is 4.74 Å². The number of carboxylic acids is 1. The van der Waals surface area contributed by atoms with Crippen LogP contribution in [0, 0.1) is 5.92 Å². The first-order valence-electron chi connectivity index (χ1n) is 8.27. The molecule has 1 aliphatic heterocycles. The van der Waals surface area contributed by atoms with E-state index in [4.69, 9.17) is 9.84 Å². The van der Waals surface area contributed by atoms with Gasteiger partial charge in [-0.2, -0.15) is 0 Å². The van der Waals surface area contributed by atoms with Crippen molar-refractivity contribution >= 4 is 11.9 Å². The zero-order valence-corrected chi connectivity index (χ0v) is 13.8. The summed E-state index contributed by atoms with van der Waals surface area (Å²) in [5, 5.41) is 9.17. The Balaban J connectivity index is 1.66. The third-order valence-corrected chi connectivity index (χ3v) is 4.27. The van der Waals surface area contributed by atoms with E-state index in [-0.39, 0.29) is 12.5 Å². The molecule has 0 unspecified atom stereocenters. The van der Waals surface area contributed by atoms with Crippen molar-refractivity contribution in [3.05, 3.63) is 59.9 Å². The van der Waals surface area contributed by atoms with E-state index >= 15 is 0 Å². The summed E-state index contributed by atoms with van der Waals surface area (Å²) in [6, 6.07) is 10.7. The lowest BCUT2D eigenvalue weighted by atomic mass is 9.97. The van der Waals surface area contributed by atoms with Crippen LogP contribution in [0.1, 0.15) is 28.8 Å². The summed E-state index contributed by atoms with van der Waals surface area (Å²) < 4.78 is 5.72. The van der Waals surface area contributed by atoms with E-state index in [1.807, 2.05) is 12.1 Å². The summed E-state index contributed by atoms with van der Waals surface area (Å²) in [6.45, 7) is 1.22. The molecule has 2 heterocycles. The minimum atomic E-state index is -0.842. The van der Waals surface area contributed by atoms with Crippen LogP contribution in [0.15, 0.2) is 48.8 Å². The Hall–Kier alpha value is -2.89. The lowest BCUT2D eigenvalue weighted by molar-refractivity contribution is -0.143. The number of benzene rings is 1. The highest BCUT2D eigenvalue weighted by molar-refractivity contribution is 5.95. The van der Waals surface area contributed by atoms with E-state index in [1.165, 1.54) is 0 Å². The van der Waals surface area contributed by atoms with Gasteiger partial charge in [0.2, 0.25) is 0 Å². The third kappa shape index (κ3) is 4.35. The monoisotopic (exact) mass is 340 g/mol. The topological polar surface area (TPSA) is 79.7 Å². The largest absolute Gasteiger partial charge is 0.489 e. The Morgan fingerprint density at radius 1 is 1.28 bits per heavy atom. The van der Waals surface area contributed by atoms with Gasteiger partial charge >= 0.3 is 5.97 Å². The molecule has 1 aliphatic rings. The SMILES string of the molecule is O=C(O)[C@@H]1CCCN(C(=O)c2cccc(OCc3cccnc3)c2)C1. The molecule has 2 aromatic rings. The van der Waals surface area contributed by atoms with Crippen LogP contribution in [0.4, 0.5) is 0 Å². The van der Waals surface area contributed by atoms with Gasteiger partial charge in [-0.15, -0.1) is 0 Å². The number of rotatable bonds is 5. The average Bonchev–Trinajstić information content (AvgIpc) is 2.67. The number of carbonyl (C=O) groups is 2. The Morgan fingerprint density at radius 3 is 2.92 bits per heavy atom. The zero-order valence-electron chi connectivity index (χ0n) is 13.8. The number of amides is 1. The van der Waals surface area contributed by atoms with Crippen LogP contribution in [-0.2, 0) is 11.4 Å². The van der Waals surface area contributed by atoms with Crippen LogP contribution in [0.3, 0.4) is 0 Å². The first kappa shape index (κ1) is 17.0. The van der Waals surface area contributed by atoms with Crippen molar-refractivity contribution in [3.63, 3.8) is 0 Å². The summed E-state index contributed by atoms with van der Waals surface area (Å²) in [7, 11) is 0. The molecule has 25 heavy (non-hydrogen) atoms. The quantitative estimate of drug-likeness (QED) is 0.905. The number of hydrogen-bond acceptors (Lipinski definition) is 4. The fraction of sp³-hybridized carbons (Fsp3) is 0.316. The zero-order chi connectivity index (χ0) is 17.6. The first-order valence-corrected chi connectivity index (χ1v) is 8.27. The van der Waals surface area contributed by atoms with E-state index in [1.54, 1.807) is 41.6 Å². The molecule has 0 bridgehead atoms. The van der Waals surface area contributed by atoms with Gasteiger partial charge < -0.3 is 14.7 Å². The summed E-state index contributed by atoms with van der Waals surface area (Å²) >= 11 is 0. The number of piperidine rings is 1. The second-order valence-corrected chi connectivity index (χ2v) is 6.11. The van der Waals surface area contributed by atoms with Gasteiger partial charge in [0.15, 0.2) is 0 Å². The predicted molar refractivity (Wildman–Crippen MR) is 91.3 cm³/mol. The van der Waals surface area contributed by atoms with Crippen LogP contribution >= 0.6 is 0 Å². The molecule has 6 nitrogen and oxygen atoms in total. The number of aliphatic carboxylic acids is 1. The molecule has 0 radical (unpaired) electrons. The fourth-order valence-corrected chi connectivity index (χ4v) is 2.91. The highest BCUT2D eigenvalue weighted by Crippen LogP contribution is 2.21. The molecular weight excluding hydrogens is 320 g/mol. The average molecular weight is 340 g/mol. The number of ether oxygens (including phenoxy) is 1. The second-order valence-electron chi connectivity index (χ2n) is 6.11. The highest BCUT2D eigenvalue weighted by Gasteiger charge is 2.28. The lowest BCUT2D eigenvalue weighted by Gasteiger charge is -2.30. The van der Waals surface area contributed by atoms with Crippen LogP contribution in [0.25, 0.3) is 0 Å². The second kappa shape index (κ2) is 7.79. The summed E-state index contributed by atoms with van der Waals surface area (Å²) in [5.41, 5.74) is 1.45. The molecule has 3 rings (SSSR count). The maximum absolute atomic E-state index is 12.7. The smallest absolute Gasteiger partial charge is 0.308 e. The van der Waals surface area contributed by atoms with Crippen LogP contribution in [-0.4, -0.2) is 40.0 Å². The Labute approximate surface area is 146 Å². The molecule has 0 aliphatic carbocycles. The number of carboxylic acid groups (broad SMARTS) is 1. The standard InChI is InChI=1S/C19H20N2O4/c22-18(21-9-3-6-16(12-21)19(23)24)15-5-1-7-17(10-15)25-13-14-4-2-8-20-11-14/h1-2,4-5,7-8,10-11,16H,3,6,9,12-13H2,(H,23,24)/t16-/m1/s1. The molecule has 1 amide bonds. The Kier molecular flexibility index (Phi) is 5.28. The molecule has 1 aromatic heterocycles. The van der Waals surface area contributed by atoms with E-state index < -0.39 is 11.9 Å². The fourth-order valence-electron chi connectivity index (χ4n) is 2.91. The van der Waals surface area contributed by atoms with Crippen LogP contribution in [0.5, 0.6) is 5.75 Å². The van der Waals surface area contributed by atoms with E-state index in [2.05, 4.69) is 4.98 Å². The van der Waals surface area contributed by atoms with Gasteiger partial charge in [0.1, 0.15) is 12.4 Å². The minimum absolute atomic E-state index is 0.155. The van der Waals surface area contributed by atoms with Gasteiger partial charge in [-0.05, 0) is 37.1 Å².